The van der Waals surface area contributed by atoms with Crippen molar-refractivity contribution in [2.75, 3.05) is 46.5 Å². The monoisotopic (exact) mass is 611 g/mol. The average molecular weight is 612 g/mol. The highest BCUT2D eigenvalue weighted by molar-refractivity contribution is 7.93. The Morgan fingerprint density at radius 2 is 1.57 bits per heavy atom. The van der Waals surface area contributed by atoms with Crippen molar-refractivity contribution < 1.29 is 35.9 Å². The average Bonchev–Trinajstić information content (AvgIpc) is 3.37. The quantitative estimate of drug-likeness (QED) is 0.364. The zero-order valence-electron chi connectivity index (χ0n) is 22.6. The molecule has 1 aromatic carbocycles. The van der Waals surface area contributed by atoms with E-state index < -0.39 is 46.4 Å². The largest absolute Gasteiger partial charge is 0.480 e. The van der Waals surface area contributed by atoms with E-state index in [1.165, 1.54) is 16.8 Å². The van der Waals surface area contributed by atoms with Gasteiger partial charge in [-0.1, -0.05) is 0 Å². The molecule has 3 aromatic rings. The fraction of sp³-hybridized carbons (Fsp3) is 0.462. The molecule has 0 amide bonds. The number of carboxylic acids is 1. The van der Waals surface area contributed by atoms with Crippen molar-refractivity contribution in [3.05, 3.63) is 42.4 Å². The molecule has 42 heavy (non-hydrogen) atoms. The van der Waals surface area contributed by atoms with Crippen molar-refractivity contribution in [1.82, 2.24) is 19.7 Å². The number of aliphatic carboxylic acids is 1. The van der Waals surface area contributed by atoms with Crippen molar-refractivity contribution in [1.29, 1.82) is 0 Å². The summed E-state index contributed by atoms with van der Waals surface area (Å²) in [6.07, 6.45) is 1.86. The highest BCUT2D eigenvalue weighted by Crippen LogP contribution is 2.36. The Morgan fingerprint density at radius 1 is 0.952 bits per heavy atom. The summed E-state index contributed by atoms with van der Waals surface area (Å²) in [5.41, 5.74) is 2.70. The first-order chi connectivity index (χ1) is 19.7. The molecular weight excluding hydrogens is 582 g/mol. The maximum Gasteiger partial charge on any atom is 0.320 e. The first-order valence-corrected chi connectivity index (χ1v) is 14.9. The van der Waals surface area contributed by atoms with Gasteiger partial charge >= 0.3 is 5.97 Å². The number of nitrogens with zero attached hydrogens (tertiary/aromatic N) is 6. The van der Waals surface area contributed by atoms with Crippen LogP contribution in [0.3, 0.4) is 0 Å². The number of rotatable bonds is 8. The summed E-state index contributed by atoms with van der Waals surface area (Å²) in [7, 11) is -4.20. The number of carbonyl (C=O) groups is 1. The number of anilines is 3. The lowest BCUT2D eigenvalue weighted by atomic mass is 10.1. The molecule has 2 aliphatic rings. The van der Waals surface area contributed by atoms with Crippen LogP contribution in [0.15, 0.2) is 36.7 Å². The molecule has 11 nitrogen and oxygen atoms in total. The predicted octanol–water partition coefficient (Wildman–Crippen LogP) is 3.94. The standard InChI is InChI=1S/C26H29F4N7O4S/c1-17-12-20(33-24(32-17)36-10-6-26(29,30)7-11-36)18-14-31-37(15-18)21-3-2-19(34-42(40,41)16-23(38)39)13-22(21)35-8-4-25(27,28)5-9-35/h2-3,12-15,34H,4-11,16H2,1H3,(H,38,39). The molecule has 0 bridgehead atoms. The van der Waals surface area contributed by atoms with Gasteiger partial charge in [0.05, 0.1) is 29.0 Å². The third kappa shape index (κ3) is 6.91. The summed E-state index contributed by atoms with van der Waals surface area (Å²) >= 11 is 0. The zero-order valence-corrected chi connectivity index (χ0v) is 23.4. The predicted molar refractivity (Wildman–Crippen MR) is 147 cm³/mol. The fourth-order valence-electron chi connectivity index (χ4n) is 4.95. The Labute approximate surface area is 239 Å². The van der Waals surface area contributed by atoms with Crippen LogP contribution in [0.5, 0.6) is 0 Å². The third-order valence-corrected chi connectivity index (χ3v) is 8.32. The maximum atomic E-state index is 13.9. The summed E-state index contributed by atoms with van der Waals surface area (Å²) in [4.78, 5) is 23.4. The number of hydrogen-bond acceptors (Lipinski definition) is 8. The smallest absolute Gasteiger partial charge is 0.320 e. The van der Waals surface area contributed by atoms with Gasteiger partial charge in [0.1, 0.15) is 0 Å². The number of alkyl halides is 4. The first kappa shape index (κ1) is 29.5. The van der Waals surface area contributed by atoms with Crippen LogP contribution < -0.4 is 14.5 Å². The number of aromatic nitrogens is 4. The Bertz CT molecular complexity index is 1580. The van der Waals surface area contributed by atoms with Gasteiger partial charge < -0.3 is 14.9 Å². The van der Waals surface area contributed by atoms with Crippen molar-refractivity contribution in [2.45, 2.75) is 44.5 Å². The third-order valence-electron chi connectivity index (χ3n) is 7.14. The lowest BCUT2D eigenvalue weighted by molar-refractivity contribution is -0.134. The fourth-order valence-corrected chi connectivity index (χ4v) is 5.83. The van der Waals surface area contributed by atoms with E-state index in [1.807, 2.05) is 0 Å². The number of sulfonamides is 1. The van der Waals surface area contributed by atoms with Gasteiger partial charge in [-0.05, 0) is 31.2 Å². The van der Waals surface area contributed by atoms with Crippen LogP contribution in [0.2, 0.25) is 0 Å². The van der Waals surface area contributed by atoms with Gasteiger partial charge in [-0.25, -0.2) is 40.6 Å². The van der Waals surface area contributed by atoms with Crippen LogP contribution in [0.1, 0.15) is 31.4 Å². The molecule has 4 heterocycles. The molecule has 0 radical (unpaired) electrons. The van der Waals surface area contributed by atoms with Crippen LogP contribution in [0, 0.1) is 6.92 Å². The lowest BCUT2D eigenvalue weighted by Crippen LogP contribution is -2.40. The van der Waals surface area contributed by atoms with Gasteiger partial charge in [-0.3, -0.25) is 9.52 Å². The van der Waals surface area contributed by atoms with Gasteiger partial charge in [0.15, 0.2) is 5.75 Å². The number of carboxylic acid groups (broad SMARTS) is 1. The molecule has 2 fully saturated rings. The molecule has 2 N–H and O–H groups in total. The molecule has 0 unspecified atom stereocenters. The number of halogens is 4. The molecule has 2 aliphatic heterocycles. The van der Waals surface area contributed by atoms with E-state index in [1.54, 1.807) is 41.2 Å². The van der Waals surface area contributed by atoms with Gasteiger partial charge in [-0.15, -0.1) is 0 Å². The van der Waals surface area contributed by atoms with E-state index in [4.69, 9.17) is 5.11 Å². The molecule has 0 saturated carbocycles. The molecule has 16 heteroatoms. The number of piperidine rings is 2. The second-order valence-electron chi connectivity index (χ2n) is 10.5. The number of nitrogens with one attached hydrogen (secondary N) is 1. The minimum absolute atomic E-state index is 0.00278. The van der Waals surface area contributed by atoms with E-state index in [0.29, 0.717) is 34.3 Å². The van der Waals surface area contributed by atoms with E-state index in [9.17, 15) is 30.8 Å². The summed E-state index contributed by atoms with van der Waals surface area (Å²) in [6.45, 7) is 2.02. The Kier molecular flexibility index (Phi) is 7.76. The van der Waals surface area contributed by atoms with Gasteiger partial charge in [0.2, 0.25) is 16.0 Å². The lowest BCUT2D eigenvalue weighted by Gasteiger charge is -2.34. The highest BCUT2D eigenvalue weighted by Gasteiger charge is 2.36. The van der Waals surface area contributed by atoms with Crippen molar-refractivity contribution in [3.8, 4) is 16.9 Å². The van der Waals surface area contributed by atoms with Crippen LogP contribution in [-0.2, 0) is 14.8 Å². The van der Waals surface area contributed by atoms with Crippen LogP contribution in [-0.4, -0.2) is 83.0 Å². The van der Waals surface area contributed by atoms with Gasteiger partial charge in [0.25, 0.3) is 11.8 Å². The van der Waals surface area contributed by atoms with Crippen molar-refractivity contribution in [2.24, 2.45) is 0 Å². The summed E-state index contributed by atoms with van der Waals surface area (Å²) in [5.74, 6) is -7.85. The SMILES string of the molecule is Cc1cc(-c2cnn(-c3ccc(NS(=O)(=O)CC(=O)O)cc3N3CCC(F)(F)CC3)c2)nc(N2CCC(F)(F)CC2)n1. The van der Waals surface area contributed by atoms with E-state index in [0.717, 1.165) is 0 Å². The minimum Gasteiger partial charge on any atom is -0.480 e. The molecule has 2 aromatic heterocycles. The first-order valence-electron chi connectivity index (χ1n) is 13.2. The van der Waals surface area contributed by atoms with E-state index in [2.05, 4.69) is 19.8 Å². The Hall–Kier alpha value is -3.95. The molecule has 5 rings (SSSR count). The molecule has 0 spiro atoms. The zero-order chi connectivity index (χ0) is 30.3. The summed E-state index contributed by atoms with van der Waals surface area (Å²) < 4.78 is 83.4. The molecule has 226 valence electrons. The number of aryl methyl sites for hydroxylation is 1. The van der Waals surface area contributed by atoms with Gasteiger partial charge in [-0.2, -0.15) is 5.10 Å². The summed E-state index contributed by atoms with van der Waals surface area (Å²) in [6, 6.07) is 6.18. The highest BCUT2D eigenvalue weighted by atomic mass is 32.2. The second kappa shape index (κ2) is 11.0. The minimum atomic E-state index is -4.20. The van der Waals surface area contributed by atoms with Gasteiger partial charge in [0, 0.05) is 69.3 Å². The van der Waals surface area contributed by atoms with Crippen molar-refractivity contribution in [3.63, 3.8) is 0 Å². The molecule has 0 aliphatic carbocycles. The molecule has 0 atom stereocenters. The van der Waals surface area contributed by atoms with Crippen LogP contribution >= 0.6 is 0 Å². The van der Waals surface area contributed by atoms with E-state index >= 15 is 0 Å². The topological polar surface area (TPSA) is 134 Å². The number of hydrogen-bond donors (Lipinski definition) is 2. The number of benzene rings is 1. The van der Waals surface area contributed by atoms with Crippen LogP contribution in [0.4, 0.5) is 34.9 Å². The Morgan fingerprint density at radius 3 is 2.19 bits per heavy atom. The Balaban J connectivity index is 1.46. The van der Waals surface area contributed by atoms with Crippen molar-refractivity contribution >= 4 is 33.3 Å². The molecular formula is C26H29F4N7O4S. The van der Waals surface area contributed by atoms with E-state index in [-0.39, 0.29) is 44.7 Å². The second-order valence-corrected chi connectivity index (χ2v) is 12.2. The molecule has 2 saturated heterocycles. The maximum absolute atomic E-state index is 13.9. The summed E-state index contributed by atoms with van der Waals surface area (Å²) in [5, 5.41) is 13.3. The van der Waals surface area contributed by atoms with Crippen LogP contribution in [0.25, 0.3) is 16.9 Å². The normalized spacial score (nSPS) is 18.6.